The molecule has 1 amide bonds. The van der Waals surface area contributed by atoms with Crippen molar-refractivity contribution >= 4 is 11.6 Å². The van der Waals surface area contributed by atoms with E-state index in [-0.39, 0.29) is 41.5 Å². The van der Waals surface area contributed by atoms with Crippen molar-refractivity contribution in [2.75, 3.05) is 11.9 Å². The Kier molecular flexibility index (Phi) is 8.03. The van der Waals surface area contributed by atoms with E-state index in [0.29, 0.717) is 37.3 Å². The molecule has 44 heavy (non-hydrogen) atoms. The zero-order valence-electron chi connectivity index (χ0n) is 25.8. The zero-order valence-corrected chi connectivity index (χ0v) is 25.8. The zero-order chi connectivity index (χ0) is 31.1. The molecule has 1 aromatic carbocycles. The third kappa shape index (κ3) is 6.12. The first-order chi connectivity index (χ1) is 21.0. The van der Waals surface area contributed by atoms with Gasteiger partial charge in [0.1, 0.15) is 17.8 Å². The smallest absolute Gasteiger partial charge is 0.274 e. The summed E-state index contributed by atoms with van der Waals surface area (Å²) in [5, 5.41) is 14.8. The largest absolute Gasteiger partial charge is 0.321 e. The number of nitrogens with one attached hydrogen (secondary N) is 2. The van der Waals surface area contributed by atoms with Gasteiger partial charge in [-0.2, -0.15) is 0 Å². The molecule has 2 heterocycles. The van der Waals surface area contributed by atoms with Gasteiger partial charge in [-0.3, -0.25) is 4.79 Å². The number of fused-ring (bicyclic) bond motifs is 1. The normalized spacial score (nSPS) is 25.1. The maximum absolute atomic E-state index is 13.9. The molecule has 0 spiro atoms. The number of carbonyl (C=O) groups is 1. The van der Waals surface area contributed by atoms with Crippen molar-refractivity contribution in [1.29, 1.82) is 0 Å². The fourth-order valence-electron chi connectivity index (χ4n) is 7.46. The summed E-state index contributed by atoms with van der Waals surface area (Å²) in [5.74, 6) is -2.03. The molecule has 0 bridgehead atoms. The van der Waals surface area contributed by atoms with Crippen LogP contribution in [-0.2, 0) is 37.3 Å². The lowest BCUT2D eigenvalue weighted by atomic mass is 9.60. The van der Waals surface area contributed by atoms with E-state index in [0.717, 1.165) is 54.7 Å². The van der Waals surface area contributed by atoms with Gasteiger partial charge in [0.15, 0.2) is 0 Å². The van der Waals surface area contributed by atoms with Crippen LogP contribution in [-0.4, -0.2) is 44.2 Å². The van der Waals surface area contributed by atoms with E-state index in [1.165, 1.54) is 5.56 Å². The highest BCUT2D eigenvalue weighted by Crippen LogP contribution is 2.48. The number of amides is 1. The number of aromatic nitrogens is 4. The average Bonchev–Trinajstić information content (AvgIpc) is 3.51. The lowest BCUT2D eigenvalue weighted by Gasteiger charge is -2.42. The summed E-state index contributed by atoms with van der Waals surface area (Å²) in [6.07, 6.45) is 6.96. The van der Waals surface area contributed by atoms with Gasteiger partial charge in [0, 0.05) is 62.2 Å². The number of alkyl halides is 2. The van der Waals surface area contributed by atoms with Crippen LogP contribution in [0.2, 0.25) is 0 Å². The number of hydrogen-bond acceptors (Lipinski definition) is 5. The molecule has 2 saturated carbocycles. The van der Waals surface area contributed by atoms with Crippen LogP contribution in [0.15, 0.2) is 36.7 Å². The molecule has 3 aromatic rings. The van der Waals surface area contributed by atoms with Crippen molar-refractivity contribution in [3.63, 3.8) is 0 Å². The molecule has 232 valence electrons. The van der Waals surface area contributed by atoms with Gasteiger partial charge in [0.05, 0.1) is 5.69 Å². The lowest BCUT2D eigenvalue weighted by molar-refractivity contribution is -0.0520. The van der Waals surface area contributed by atoms with Gasteiger partial charge in [-0.25, -0.2) is 20.3 Å². The fourth-order valence-corrected chi connectivity index (χ4v) is 7.46. The molecule has 0 radical (unpaired) electrons. The van der Waals surface area contributed by atoms with Crippen molar-refractivity contribution in [3.8, 4) is 0 Å². The van der Waals surface area contributed by atoms with Crippen LogP contribution in [0.1, 0.15) is 97.5 Å². The van der Waals surface area contributed by atoms with Crippen LogP contribution < -0.4 is 10.6 Å². The van der Waals surface area contributed by atoms with Crippen molar-refractivity contribution in [1.82, 2.24) is 25.1 Å². The molecule has 2 N–H and O–H groups in total. The Labute approximate surface area is 257 Å². The van der Waals surface area contributed by atoms with Gasteiger partial charge in [-0.05, 0) is 73.0 Å². The van der Waals surface area contributed by atoms with E-state index in [4.69, 9.17) is 11.6 Å². The minimum Gasteiger partial charge on any atom is -0.321 e. The maximum atomic E-state index is 13.9. The van der Waals surface area contributed by atoms with Gasteiger partial charge in [0.2, 0.25) is 12.0 Å². The van der Waals surface area contributed by atoms with Gasteiger partial charge in [-0.15, -0.1) is 10.2 Å². The minimum absolute atomic E-state index is 0.0120. The van der Waals surface area contributed by atoms with Crippen molar-refractivity contribution in [2.45, 2.75) is 101 Å². The first-order valence-corrected chi connectivity index (χ1v) is 15.7. The summed E-state index contributed by atoms with van der Waals surface area (Å²) >= 11 is 0. The summed E-state index contributed by atoms with van der Waals surface area (Å²) in [7, 11) is 1.92. The molecule has 0 saturated heterocycles. The number of halogens is 2. The van der Waals surface area contributed by atoms with E-state index < -0.39 is 5.92 Å². The molecule has 6 rings (SSSR count). The second kappa shape index (κ2) is 11.7. The Morgan fingerprint density at radius 1 is 1.18 bits per heavy atom. The Morgan fingerprint density at radius 3 is 2.73 bits per heavy atom. The van der Waals surface area contributed by atoms with E-state index in [2.05, 4.69) is 45.6 Å². The molecule has 10 heteroatoms. The Hall–Kier alpha value is -3.71. The number of benzene rings is 1. The molecule has 2 aromatic heterocycles. The highest BCUT2D eigenvalue weighted by molar-refractivity contribution is 6.03. The van der Waals surface area contributed by atoms with Crippen molar-refractivity contribution < 1.29 is 13.6 Å². The summed E-state index contributed by atoms with van der Waals surface area (Å²) in [6, 6.07) is 9.73. The van der Waals surface area contributed by atoms with E-state index in [1.807, 2.05) is 35.9 Å². The number of pyridine rings is 1. The molecule has 0 aliphatic heterocycles. The maximum Gasteiger partial charge on any atom is 0.274 e. The minimum atomic E-state index is -2.57. The predicted octanol–water partition coefficient (Wildman–Crippen LogP) is 6.16. The van der Waals surface area contributed by atoms with Gasteiger partial charge in [-0.1, -0.05) is 26.0 Å². The molecule has 3 aliphatic carbocycles. The first-order valence-electron chi connectivity index (χ1n) is 15.7. The number of carbonyl (C=O) groups excluding carboxylic acids is 1. The van der Waals surface area contributed by atoms with Crippen molar-refractivity contribution in [3.05, 3.63) is 82.0 Å². The molecule has 8 nitrogen and oxygen atoms in total. The second-order valence-electron chi connectivity index (χ2n) is 13.9. The third-order valence-corrected chi connectivity index (χ3v) is 10.1. The van der Waals surface area contributed by atoms with Crippen LogP contribution in [0.3, 0.4) is 0 Å². The standard InChI is InChI=1S/C34H41F2N7O/c1-32(2)12-10-27-23(20-38-19-22-7-6-11-34(35,36)15-22)13-28(41-30(27)32)31(44)40-25-9-5-8-24(14-25)33(16-26(17-33)37-3)18-29-42-39-21-43(29)4/h5,8-9,13-14,21-22,26,38H,6-7,10-12,15-20H2,1-2,4H3,(H,40,44). The fraction of sp³-hybridized carbons (Fsp3) is 0.559. The Balaban J connectivity index is 1.20. The summed E-state index contributed by atoms with van der Waals surface area (Å²) in [4.78, 5) is 22.3. The van der Waals surface area contributed by atoms with Crippen molar-refractivity contribution in [2.24, 2.45) is 13.0 Å². The molecule has 1 unspecified atom stereocenters. The monoisotopic (exact) mass is 601 g/mol. The highest BCUT2D eigenvalue weighted by atomic mass is 19.3. The van der Waals surface area contributed by atoms with Gasteiger partial charge in [0.25, 0.3) is 5.91 Å². The molecule has 3 aliphatic rings. The molecule has 1 atom stereocenters. The average molecular weight is 602 g/mol. The summed E-state index contributed by atoms with van der Waals surface area (Å²) < 4.78 is 29.8. The van der Waals surface area contributed by atoms with Crippen LogP contribution in [0.25, 0.3) is 4.85 Å². The number of nitrogens with zero attached hydrogens (tertiary/aromatic N) is 5. The summed E-state index contributed by atoms with van der Waals surface area (Å²) in [6.45, 7) is 12.9. The molecular formula is C34H41F2N7O. The van der Waals surface area contributed by atoms with E-state index in [1.54, 1.807) is 6.33 Å². The summed E-state index contributed by atoms with van der Waals surface area (Å²) in [5.41, 5.74) is 4.84. The van der Waals surface area contributed by atoms with E-state index >= 15 is 0 Å². The van der Waals surface area contributed by atoms with Crippen LogP contribution >= 0.6 is 0 Å². The molecule has 2 fully saturated rings. The number of anilines is 1. The first kappa shape index (κ1) is 30.3. The Bertz CT molecular complexity index is 1580. The quantitative estimate of drug-likeness (QED) is 0.287. The van der Waals surface area contributed by atoms with E-state index in [9.17, 15) is 13.6 Å². The van der Waals surface area contributed by atoms with Gasteiger partial charge >= 0.3 is 0 Å². The number of aryl methyl sites for hydroxylation is 1. The van der Waals surface area contributed by atoms with Gasteiger partial charge < -0.3 is 20.0 Å². The van der Waals surface area contributed by atoms with Crippen LogP contribution in [0, 0.1) is 12.5 Å². The topological polar surface area (TPSA) is 89.1 Å². The molecular weight excluding hydrogens is 560 g/mol. The van der Waals surface area contributed by atoms with Crippen LogP contribution in [0.5, 0.6) is 0 Å². The number of hydrogen-bond donors (Lipinski definition) is 2. The Morgan fingerprint density at radius 2 is 2.00 bits per heavy atom. The SMILES string of the molecule is [C-]#[N+]C1CC(Cc2nncn2C)(c2cccc(NC(=O)c3cc(CNCC4CCCC(F)(F)C4)c4c(n3)C(C)(C)CC4)c2)C1. The lowest BCUT2D eigenvalue weighted by Crippen LogP contribution is -2.45. The second-order valence-corrected chi connectivity index (χ2v) is 13.9. The number of rotatable bonds is 9. The predicted molar refractivity (Wildman–Crippen MR) is 165 cm³/mol. The highest BCUT2D eigenvalue weighted by Gasteiger charge is 2.50. The van der Waals surface area contributed by atoms with Crippen LogP contribution in [0.4, 0.5) is 14.5 Å². The third-order valence-electron chi connectivity index (χ3n) is 10.1.